The standard InChI is InChI=1S/C21H20ClN3O2S/c1-14-2-4-15(5-3-14)12-25(18-10-11-18)19(26)13-28-21-24-23-20(27-21)16-6-8-17(22)9-7-16/h2-9,18H,10-13H2,1H3. The van der Waals surface area contributed by atoms with Gasteiger partial charge in [-0.25, -0.2) is 0 Å². The fourth-order valence-electron chi connectivity index (χ4n) is 2.88. The predicted molar refractivity (Wildman–Crippen MR) is 110 cm³/mol. The maximum atomic E-state index is 12.8. The molecule has 0 N–H and O–H groups in total. The fourth-order valence-corrected chi connectivity index (χ4v) is 3.66. The van der Waals surface area contributed by atoms with E-state index in [4.69, 9.17) is 16.0 Å². The molecule has 2 aromatic carbocycles. The van der Waals surface area contributed by atoms with Crippen LogP contribution in [0.15, 0.2) is 58.2 Å². The number of hydrogen-bond donors (Lipinski definition) is 0. The van der Waals surface area contributed by atoms with Crippen molar-refractivity contribution in [2.75, 3.05) is 5.75 Å². The zero-order valence-corrected chi connectivity index (χ0v) is 17.0. The van der Waals surface area contributed by atoms with Crippen LogP contribution in [-0.4, -0.2) is 32.8 Å². The Labute approximate surface area is 173 Å². The molecule has 0 bridgehead atoms. The second-order valence-corrected chi connectivity index (χ2v) is 8.27. The Morgan fingerprint density at radius 2 is 1.86 bits per heavy atom. The fraction of sp³-hybridized carbons (Fsp3) is 0.286. The largest absolute Gasteiger partial charge is 0.411 e. The minimum absolute atomic E-state index is 0.0966. The number of benzene rings is 2. The Bertz CT molecular complexity index is 953. The van der Waals surface area contributed by atoms with Gasteiger partial charge >= 0.3 is 0 Å². The summed E-state index contributed by atoms with van der Waals surface area (Å²) >= 11 is 7.18. The van der Waals surface area contributed by atoms with Crippen LogP contribution >= 0.6 is 23.4 Å². The van der Waals surface area contributed by atoms with Crippen LogP contribution in [0, 0.1) is 6.92 Å². The highest BCUT2D eigenvalue weighted by Gasteiger charge is 2.32. The molecule has 0 unspecified atom stereocenters. The van der Waals surface area contributed by atoms with E-state index < -0.39 is 0 Å². The normalized spacial score (nSPS) is 13.5. The Hall–Kier alpha value is -2.31. The van der Waals surface area contributed by atoms with E-state index in [9.17, 15) is 4.79 Å². The highest BCUT2D eigenvalue weighted by atomic mass is 35.5. The zero-order chi connectivity index (χ0) is 19.5. The topological polar surface area (TPSA) is 59.2 Å². The van der Waals surface area contributed by atoms with Gasteiger partial charge in [0.25, 0.3) is 5.22 Å². The first kappa shape index (κ1) is 19.0. The number of thioether (sulfide) groups is 1. The lowest BCUT2D eigenvalue weighted by Gasteiger charge is -2.22. The second-order valence-electron chi connectivity index (χ2n) is 6.91. The summed E-state index contributed by atoms with van der Waals surface area (Å²) in [4.78, 5) is 14.8. The summed E-state index contributed by atoms with van der Waals surface area (Å²) in [5.41, 5.74) is 3.17. The van der Waals surface area contributed by atoms with Crippen molar-refractivity contribution in [2.24, 2.45) is 0 Å². The third-order valence-electron chi connectivity index (χ3n) is 4.60. The molecule has 28 heavy (non-hydrogen) atoms. The van der Waals surface area contributed by atoms with E-state index in [0.717, 1.165) is 24.0 Å². The summed E-state index contributed by atoms with van der Waals surface area (Å²) in [6.45, 7) is 2.71. The lowest BCUT2D eigenvalue weighted by atomic mass is 10.1. The number of aromatic nitrogens is 2. The zero-order valence-electron chi connectivity index (χ0n) is 15.5. The molecule has 1 saturated carbocycles. The molecule has 144 valence electrons. The summed E-state index contributed by atoms with van der Waals surface area (Å²) in [5, 5.41) is 9.14. The van der Waals surface area contributed by atoms with Gasteiger partial charge in [0.05, 0.1) is 5.75 Å². The minimum atomic E-state index is 0.0966. The van der Waals surface area contributed by atoms with Gasteiger partial charge in [-0.3, -0.25) is 4.79 Å². The van der Waals surface area contributed by atoms with Crippen LogP contribution in [0.2, 0.25) is 5.02 Å². The van der Waals surface area contributed by atoms with Gasteiger partial charge in [0.15, 0.2) is 0 Å². The molecule has 3 aromatic rings. The first-order valence-corrected chi connectivity index (χ1v) is 10.5. The molecule has 0 spiro atoms. The first-order valence-electron chi connectivity index (χ1n) is 9.16. The smallest absolute Gasteiger partial charge is 0.277 e. The van der Waals surface area contributed by atoms with Crippen LogP contribution in [0.3, 0.4) is 0 Å². The lowest BCUT2D eigenvalue weighted by Crippen LogP contribution is -2.33. The predicted octanol–water partition coefficient (Wildman–Crippen LogP) is 4.98. The number of halogens is 1. The Kier molecular flexibility index (Phi) is 5.69. The summed E-state index contributed by atoms with van der Waals surface area (Å²) in [5.74, 6) is 0.801. The van der Waals surface area contributed by atoms with Crippen LogP contribution in [0.4, 0.5) is 0 Å². The number of aryl methyl sites for hydroxylation is 1. The number of hydrogen-bond acceptors (Lipinski definition) is 5. The number of carbonyl (C=O) groups is 1. The molecule has 0 saturated heterocycles. The number of nitrogens with zero attached hydrogens (tertiary/aromatic N) is 3. The van der Waals surface area contributed by atoms with Crippen molar-refractivity contribution >= 4 is 29.3 Å². The number of amides is 1. The van der Waals surface area contributed by atoms with Crippen LogP contribution < -0.4 is 0 Å². The van der Waals surface area contributed by atoms with Crippen molar-refractivity contribution < 1.29 is 9.21 Å². The van der Waals surface area contributed by atoms with Crippen molar-refractivity contribution in [3.05, 3.63) is 64.7 Å². The maximum Gasteiger partial charge on any atom is 0.277 e. The molecule has 7 heteroatoms. The number of carbonyl (C=O) groups excluding carboxylic acids is 1. The maximum absolute atomic E-state index is 12.8. The van der Waals surface area contributed by atoms with Gasteiger partial charge in [-0.1, -0.05) is 53.2 Å². The first-order chi connectivity index (χ1) is 13.6. The van der Waals surface area contributed by atoms with E-state index in [2.05, 4.69) is 41.4 Å². The lowest BCUT2D eigenvalue weighted by molar-refractivity contribution is -0.129. The molecule has 1 aliphatic rings. The summed E-state index contributed by atoms with van der Waals surface area (Å²) in [6, 6.07) is 15.9. The molecular weight excluding hydrogens is 394 g/mol. The van der Waals surface area contributed by atoms with Crippen LogP contribution in [0.25, 0.3) is 11.5 Å². The third-order valence-corrected chi connectivity index (χ3v) is 5.65. The average Bonchev–Trinajstić information content (AvgIpc) is 3.43. The molecule has 5 nitrogen and oxygen atoms in total. The minimum Gasteiger partial charge on any atom is -0.411 e. The molecular formula is C21H20ClN3O2S. The van der Waals surface area contributed by atoms with Gasteiger partial charge in [0.2, 0.25) is 11.8 Å². The van der Waals surface area contributed by atoms with E-state index >= 15 is 0 Å². The monoisotopic (exact) mass is 413 g/mol. The van der Waals surface area contributed by atoms with Crippen molar-refractivity contribution in [3.8, 4) is 11.5 Å². The molecule has 0 aliphatic heterocycles. The summed E-state index contributed by atoms with van der Waals surface area (Å²) in [6.07, 6.45) is 2.15. The van der Waals surface area contributed by atoms with E-state index in [1.807, 2.05) is 17.0 Å². The molecule has 1 amide bonds. The van der Waals surface area contributed by atoms with Crippen molar-refractivity contribution in [2.45, 2.75) is 37.6 Å². The van der Waals surface area contributed by atoms with Gasteiger partial charge in [0, 0.05) is 23.2 Å². The van der Waals surface area contributed by atoms with Crippen molar-refractivity contribution in [1.82, 2.24) is 15.1 Å². The SMILES string of the molecule is Cc1ccc(CN(C(=O)CSc2nnc(-c3ccc(Cl)cc3)o2)C2CC2)cc1. The second kappa shape index (κ2) is 8.37. The Balaban J connectivity index is 1.37. The summed E-state index contributed by atoms with van der Waals surface area (Å²) in [7, 11) is 0. The highest BCUT2D eigenvalue weighted by molar-refractivity contribution is 7.99. The third kappa shape index (κ3) is 4.75. The number of rotatable bonds is 7. The Morgan fingerprint density at radius 1 is 1.14 bits per heavy atom. The van der Waals surface area contributed by atoms with Gasteiger partial charge in [-0.15, -0.1) is 10.2 Å². The van der Waals surface area contributed by atoms with Crippen LogP contribution in [0.5, 0.6) is 0 Å². The molecule has 0 radical (unpaired) electrons. The van der Waals surface area contributed by atoms with Crippen LogP contribution in [-0.2, 0) is 11.3 Å². The highest BCUT2D eigenvalue weighted by Crippen LogP contribution is 2.30. The quantitative estimate of drug-likeness (QED) is 0.511. The molecule has 1 aromatic heterocycles. The molecule has 1 aliphatic carbocycles. The molecule has 1 fully saturated rings. The van der Waals surface area contributed by atoms with Crippen LogP contribution in [0.1, 0.15) is 24.0 Å². The summed E-state index contributed by atoms with van der Waals surface area (Å²) < 4.78 is 5.67. The van der Waals surface area contributed by atoms with Gasteiger partial charge in [-0.05, 0) is 49.6 Å². The van der Waals surface area contributed by atoms with Gasteiger partial charge < -0.3 is 9.32 Å². The van der Waals surface area contributed by atoms with E-state index in [1.165, 1.54) is 17.3 Å². The molecule has 4 rings (SSSR count). The van der Waals surface area contributed by atoms with Crippen molar-refractivity contribution in [1.29, 1.82) is 0 Å². The average molecular weight is 414 g/mol. The molecule has 0 atom stereocenters. The van der Waals surface area contributed by atoms with Gasteiger partial charge in [0.1, 0.15) is 0 Å². The molecule has 1 heterocycles. The van der Waals surface area contributed by atoms with Gasteiger partial charge in [-0.2, -0.15) is 0 Å². The van der Waals surface area contributed by atoms with E-state index in [0.29, 0.717) is 28.7 Å². The van der Waals surface area contributed by atoms with Crippen molar-refractivity contribution in [3.63, 3.8) is 0 Å². The Morgan fingerprint density at radius 3 is 2.54 bits per heavy atom. The van der Waals surface area contributed by atoms with E-state index in [-0.39, 0.29) is 11.7 Å². The van der Waals surface area contributed by atoms with E-state index in [1.54, 1.807) is 12.1 Å².